The van der Waals surface area contributed by atoms with E-state index in [4.69, 9.17) is 16.3 Å². The molecule has 0 bridgehead atoms. The topological polar surface area (TPSA) is 9.23 Å². The Morgan fingerprint density at radius 1 is 1.00 bits per heavy atom. The van der Waals surface area contributed by atoms with Crippen molar-refractivity contribution in [2.45, 2.75) is 18.2 Å². The minimum absolute atomic E-state index is 0.740. The molecular weight excluding hydrogens is 415 g/mol. The summed E-state index contributed by atoms with van der Waals surface area (Å²) < 4.78 is 5.79. The molecule has 0 heterocycles. The van der Waals surface area contributed by atoms with Crippen LogP contribution in [-0.2, 0) is 5.33 Å². The van der Waals surface area contributed by atoms with Crippen LogP contribution in [0, 0.1) is 0 Å². The minimum atomic E-state index is 0.740. The molecule has 0 saturated heterocycles. The average Bonchev–Trinajstić information content (AvgIpc) is 2.52. The van der Waals surface area contributed by atoms with Crippen molar-refractivity contribution >= 4 is 43.5 Å². The molecule has 112 valence electrons. The molecule has 0 N–H and O–H groups in total. The van der Waals surface area contributed by atoms with Gasteiger partial charge in [0, 0.05) is 16.2 Å². The summed E-state index contributed by atoms with van der Waals surface area (Å²) in [6, 6.07) is 14.2. The average molecular weight is 433 g/mol. The second-order valence-electron chi connectivity index (χ2n) is 4.68. The van der Waals surface area contributed by atoms with Crippen molar-refractivity contribution in [3.8, 4) is 16.9 Å². The van der Waals surface area contributed by atoms with E-state index in [1.807, 2.05) is 36.4 Å². The van der Waals surface area contributed by atoms with Gasteiger partial charge >= 0.3 is 0 Å². The molecule has 0 aliphatic carbocycles. The van der Waals surface area contributed by atoms with E-state index in [-0.39, 0.29) is 0 Å². The molecule has 0 aliphatic rings. The van der Waals surface area contributed by atoms with E-state index in [9.17, 15) is 0 Å². The van der Waals surface area contributed by atoms with Crippen LogP contribution in [0.1, 0.15) is 18.4 Å². The summed E-state index contributed by atoms with van der Waals surface area (Å²) >= 11 is 13.4. The fourth-order valence-corrected chi connectivity index (χ4v) is 3.37. The van der Waals surface area contributed by atoms with Crippen molar-refractivity contribution < 1.29 is 4.74 Å². The van der Waals surface area contributed by atoms with E-state index in [1.165, 1.54) is 0 Å². The summed E-state index contributed by atoms with van der Waals surface area (Å²) in [4.78, 5) is 0. The van der Waals surface area contributed by atoms with Gasteiger partial charge in [-0.3, -0.25) is 0 Å². The minimum Gasteiger partial charge on any atom is -0.494 e. The van der Waals surface area contributed by atoms with Crippen LogP contribution in [0.4, 0.5) is 0 Å². The highest BCUT2D eigenvalue weighted by molar-refractivity contribution is 9.09. The molecule has 21 heavy (non-hydrogen) atoms. The Morgan fingerprint density at radius 3 is 2.57 bits per heavy atom. The van der Waals surface area contributed by atoms with E-state index in [2.05, 4.69) is 37.9 Å². The third kappa shape index (κ3) is 4.73. The second kappa shape index (κ2) is 8.82. The molecule has 0 saturated carbocycles. The molecule has 0 aromatic heterocycles. The van der Waals surface area contributed by atoms with Crippen LogP contribution in [0.25, 0.3) is 11.1 Å². The number of hydrogen-bond acceptors (Lipinski definition) is 1. The van der Waals surface area contributed by atoms with Crippen LogP contribution in [0.3, 0.4) is 0 Å². The maximum Gasteiger partial charge on any atom is 0.119 e. The van der Waals surface area contributed by atoms with Gasteiger partial charge < -0.3 is 4.74 Å². The first-order valence-electron chi connectivity index (χ1n) is 6.89. The van der Waals surface area contributed by atoms with Crippen LogP contribution in [0.5, 0.6) is 5.75 Å². The Hall–Kier alpha value is -0.510. The monoisotopic (exact) mass is 430 g/mol. The van der Waals surface area contributed by atoms with Gasteiger partial charge in [-0.1, -0.05) is 73.8 Å². The molecule has 0 unspecified atom stereocenters. The maximum atomic E-state index is 6.47. The van der Waals surface area contributed by atoms with Crippen LogP contribution in [-0.4, -0.2) is 11.9 Å². The molecule has 2 aromatic carbocycles. The number of alkyl halides is 2. The zero-order valence-corrected chi connectivity index (χ0v) is 15.5. The van der Waals surface area contributed by atoms with E-state index in [1.54, 1.807) is 0 Å². The summed E-state index contributed by atoms with van der Waals surface area (Å²) in [5.41, 5.74) is 3.22. The number of ether oxygens (including phenoxy) is 1. The second-order valence-corrected chi connectivity index (χ2v) is 6.42. The van der Waals surface area contributed by atoms with Gasteiger partial charge in [0.2, 0.25) is 0 Å². The van der Waals surface area contributed by atoms with Crippen molar-refractivity contribution in [3.63, 3.8) is 0 Å². The molecule has 0 radical (unpaired) electrons. The van der Waals surface area contributed by atoms with Gasteiger partial charge in [-0.05, 0) is 36.1 Å². The molecule has 0 fully saturated rings. The summed E-state index contributed by atoms with van der Waals surface area (Å²) in [5, 5.41) is 2.57. The zero-order chi connectivity index (χ0) is 15.1. The zero-order valence-electron chi connectivity index (χ0n) is 11.6. The summed E-state index contributed by atoms with van der Waals surface area (Å²) in [7, 11) is 0. The van der Waals surface area contributed by atoms with Gasteiger partial charge in [0.25, 0.3) is 0 Å². The smallest absolute Gasteiger partial charge is 0.119 e. The highest BCUT2D eigenvalue weighted by Gasteiger charge is 2.08. The molecule has 0 amide bonds. The fraction of sp³-hybridized carbons (Fsp3) is 0.294. The third-order valence-electron chi connectivity index (χ3n) is 3.16. The van der Waals surface area contributed by atoms with E-state index in [0.29, 0.717) is 0 Å². The Balaban J connectivity index is 2.17. The molecule has 1 nitrogen and oxygen atoms in total. The fourth-order valence-electron chi connectivity index (χ4n) is 2.05. The molecule has 2 aromatic rings. The van der Waals surface area contributed by atoms with Crippen LogP contribution >= 0.6 is 43.5 Å². The van der Waals surface area contributed by atoms with E-state index < -0.39 is 0 Å². The van der Waals surface area contributed by atoms with Gasteiger partial charge in [0.05, 0.1) is 11.6 Å². The Bertz CT molecular complexity index is 587. The SMILES string of the molecule is Clc1c(CBr)cccc1-c1cccc(OCCCCBr)c1. The maximum absolute atomic E-state index is 6.47. The lowest BCUT2D eigenvalue weighted by Crippen LogP contribution is -1.97. The van der Waals surface area contributed by atoms with Crippen molar-refractivity contribution in [1.29, 1.82) is 0 Å². The first kappa shape index (κ1) is 16.9. The summed E-state index contributed by atoms with van der Waals surface area (Å²) in [6.07, 6.45) is 2.17. The highest BCUT2D eigenvalue weighted by Crippen LogP contribution is 2.33. The summed E-state index contributed by atoms with van der Waals surface area (Å²) in [6.45, 7) is 0.740. The quantitative estimate of drug-likeness (QED) is 0.361. The van der Waals surface area contributed by atoms with Crippen molar-refractivity contribution in [2.75, 3.05) is 11.9 Å². The van der Waals surface area contributed by atoms with Crippen LogP contribution < -0.4 is 4.74 Å². The number of hydrogen-bond donors (Lipinski definition) is 0. The number of benzene rings is 2. The van der Waals surface area contributed by atoms with Crippen molar-refractivity contribution in [2.24, 2.45) is 0 Å². The van der Waals surface area contributed by atoms with Gasteiger partial charge in [0.1, 0.15) is 5.75 Å². The van der Waals surface area contributed by atoms with Gasteiger partial charge in [-0.15, -0.1) is 0 Å². The normalized spacial score (nSPS) is 10.6. The van der Waals surface area contributed by atoms with Gasteiger partial charge in [-0.2, -0.15) is 0 Å². The number of rotatable bonds is 7. The summed E-state index contributed by atoms with van der Waals surface area (Å²) in [5.74, 6) is 0.891. The Labute approximate surface area is 147 Å². The van der Waals surface area contributed by atoms with Gasteiger partial charge in [0.15, 0.2) is 0 Å². The van der Waals surface area contributed by atoms with Crippen LogP contribution in [0.15, 0.2) is 42.5 Å². The molecule has 0 spiro atoms. The predicted molar refractivity (Wildman–Crippen MR) is 98.0 cm³/mol. The van der Waals surface area contributed by atoms with Gasteiger partial charge in [-0.25, -0.2) is 0 Å². The molecule has 0 atom stereocenters. The lowest BCUT2D eigenvalue weighted by atomic mass is 10.0. The molecular formula is C17H17Br2ClO. The van der Waals surface area contributed by atoms with E-state index in [0.717, 1.165) is 57.6 Å². The van der Waals surface area contributed by atoms with Crippen molar-refractivity contribution in [3.05, 3.63) is 53.1 Å². The van der Waals surface area contributed by atoms with Crippen LogP contribution in [0.2, 0.25) is 5.02 Å². The number of unbranched alkanes of at least 4 members (excludes halogenated alkanes) is 1. The Morgan fingerprint density at radius 2 is 1.81 bits per heavy atom. The predicted octanol–water partition coefficient (Wildman–Crippen LogP) is 6.46. The number of halogens is 3. The molecule has 2 rings (SSSR count). The highest BCUT2D eigenvalue weighted by atomic mass is 79.9. The lowest BCUT2D eigenvalue weighted by molar-refractivity contribution is 0.310. The standard InChI is InChI=1S/C17H17Br2ClO/c18-9-1-2-10-21-15-7-3-5-13(11-15)16-8-4-6-14(12-19)17(16)20/h3-8,11H,1-2,9-10,12H2. The molecule has 4 heteroatoms. The van der Waals surface area contributed by atoms with Crippen molar-refractivity contribution in [1.82, 2.24) is 0 Å². The first-order chi connectivity index (χ1) is 10.3. The molecule has 0 aliphatic heterocycles. The Kier molecular flexibility index (Phi) is 7.08. The first-order valence-corrected chi connectivity index (χ1v) is 9.51. The lowest BCUT2D eigenvalue weighted by Gasteiger charge is -2.10. The largest absolute Gasteiger partial charge is 0.494 e. The van der Waals surface area contributed by atoms with E-state index >= 15 is 0 Å². The third-order valence-corrected chi connectivity index (χ3v) is 4.78.